The minimum absolute atomic E-state index is 0.00505. The summed E-state index contributed by atoms with van der Waals surface area (Å²) in [5, 5.41) is -0.174. The summed E-state index contributed by atoms with van der Waals surface area (Å²) in [6.45, 7) is 0.318. The van der Waals surface area contributed by atoms with E-state index in [1.807, 2.05) is 0 Å². The molecule has 13 heavy (non-hydrogen) atoms. The largest absolute Gasteiger partial charge is 0.370 e. The molecule has 0 saturated carbocycles. The van der Waals surface area contributed by atoms with Crippen LogP contribution < -0.4 is 11.5 Å². The van der Waals surface area contributed by atoms with E-state index in [1.165, 1.54) is 0 Å². The first-order chi connectivity index (χ1) is 6.07. The van der Waals surface area contributed by atoms with Gasteiger partial charge in [0, 0.05) is 5.92 Å². The molecule has 0 saturated heterocycles. The maximum Gasteiger partial charge on any atom is 0.190 e. The molecule has 1 unspecified atom stereocenters. The average Bonchev–Trinajstić information content (AvgIpc) is 2.03. The smallest absolute Gasteiger partial charge is 0.190 e. The molecule has 0 aliphatic carbocycles. The number of aliphatic imine (C=N–C) groups is 1. The summed E-state index contributed by atoms with van der Waals surface area (Å²) in [7, 11) is 0. The average molecular weight is 221 g/mol. The van der Waals surface area contributed by atoms with Crippen LogP contribution in [0.2, 0.25) is 0 Å². The fourth-order valence-electron chi connectivity index (χ4n) is 0.846. The van der Waals surface area contributed by atoms with Gasteiger partial charge in [-0.25, -0.2) is 0 Å². The van der Waals surface area contributed by atoms with Crippen molar-refractivity contribution in [3.8, 4) is 0 Å². The highest BCUT2D eigenvalue weighted by Crippen LogP contribution is 2.11. The van der Waals surface area contributed by atoms with E-state index in [2.05, 4.69) is 30.2 Å². The van der Waals surface area contributed by atoms with Crippen molar-refractivity contribution in [3.63, 3.8) is 0 Å². The van der Waals surface area contributed by atoms with E-state index in [-0.39, 0.29) is 17.0 Å². The molecule has 0 heterocycles. The predicted molar refractivity (Wildman–Crippen MR) is 61.2 cm³/mol. The van der Waals surface area contributed by atoms with Gasteiger partial charge in [-0.3, -0.25) is 9.79 Å². The van der Waals surface area contributed by atoms with E-state index >= 15 is 0 Å². The zero-order valence-corrected chi connectivity index (χ0v) is 9.10. The number of thiol groups is 2. The molecule has 0 aromatic heterocycles. The first-order valence-corrected chi connectivity index (χ1v) is 5.05. The minimum Gasteiger partial charge on any atom is -0.370 e. The van der Waals surface area contributed by atoms with Gasteiger partial charge in [0.15, 0.2) is 11.1 Å². The predicted octanol–water partition coefficient (Wildman–Crippen LogP) is 0.0424. The van der Waals surface area contributed by atoms with Gasteiger partial charge in [-0.15, -0.1) is 12.6 Å². The molecule has 0 bridgehead atoms. The number of guanidine groups is 1. The lowest BCUT2D eigenvalue weighted by Crippen LogP contribution is -2.25. The van der Waals surface area contributed by atoms with E-state index < -0.39 is 0 Å². The van der Waals surface area contributed by atoms with Crippen LogP contribution in [0.4, 0.5) is 0 Å². The summed E-state index contributed by atoms with van der Waals surface area (Å²) in [6, 6.07) is 0. The Kier molecular flexibility index (Phi) is 6.89. The number of hydrogen-bond donors (Lipinski definition) is 4. The van der Waals surface area contributed by atoms with Crippen LogP contribution in [0.1, 0.15) is 12.8 Å². The molecule has 0 fully saturated rings. The molecule has 4 nitrogen and oxygen atoms in total. The van der Waals surface area contributed by atoms with E-state index in [4.69, 9.17) is 11.5 Å². The molecule has 0 rings (SSSR count). The summed E-state index contributed by atoms with van der Waals surface area (Å²) >= 11 is 7.80. The summed E-state index contributed by atoms with van der Waals surface area (Å²) in [4.78, 5) is 14.7. The number of carbonyl (C=O) groups excluding carboxylic acids is 1. The Morgan fingerprint density at radius 3 is 2.46 bits per heavy atom. The monoisotopic (exact) mass is 221 g/mol. The Morgan fingerprint density at radius 2 is 2.08 bits per heavy atom. The number of rotatable bonds is 6. The van der Waals surface area contributed by atoms with Gasteiger partial charge in [-0.05, 0) is 18.6 Å². The molecule has 6 heteroatoms. The van der Waals surface area contributed by atoms with Gasteiger partial charge in [-0.2, -0.15) is 12.6 Å². The molecule has 0 spiro atoms. The highest BCUT2D eigenvalue weighted by Gasteiger charge is 2.13. The highest BCUT2D eigenvalue weighted by molar-refractivity contribution is 7.96. The SMILES string of the molecule is NC(N)=NCC(CCCS)C(=O)S. The Labute approximate surface area is 89.0 Å². The molecule has 0 radical (unpaired) electrons. The maximum absolute atomic E-state index is 11.0. The van der Waals surface area contributed by atoms with Crippen molar-refractivity contribution in [3.05, 3.63) is 0 Å². The van der Waals surface area contributed by atoms with Gasteiger partial charge in [0.05, 0.1) is 6.54 Å². The molecule has 0 aromatic carbocycles. The fraction of sp³-hybridized carbons (Fsp3) is 0.714. The Balaban J connectivity index is 3.95. The lowest BCUT2D eigenvalue weighted by molar-refractivity contribution is -0.114. The molecule has 76 valence electrons. The van der Waals surface area contributed by atoms with Crippen molar-refractivity contribution in [2.75, 3.05) is 12.3 Å². The normalized spacial score (nSPS) is 12.2. The molecular weight excluding hydrogens is 206 g/mol. The Hall–Kier alpha value is -0.360. The lowest BCUT2D eigenvalue weighted by Gasteiger charge is -2.08. The quantitative estimate of drug-likeness (QED) is 0.290. The summed E-state index contributed by atoms with van der Waals surface area (Å²) in [6.07, 6.45) is 1.59. The van der Waals surface area contributed by atoms with Crippen molar-refractivity contribution in [1.82, 2.24) is 0 Å². The number of hydrogen-bond acceptors (Lipinski definition) is 3. The molecule has 0 aliphatic heterocycles. The Morgan fingerprint density at radius 1 is 1.46 bits per heavy atom. The second-order valence-electron chi connectivity index (χ2n) is 2.67. The van der Waals surface area contributed by atoms with Crippen LogP contribution in [0.25, 0.3) is 0 Å². The zero-order chi connectivity index (χ0) is 10.3. The first-order valence-electron chi connectivity index (χ1n) is 3.97. The summed E-state index contributed by atoms with van der Waals surface area (Å²) in [5.74, 6) is 0.558. The third-order valence-corrected chi connectivity index (χ3v) is 2.24. The first kappa shape index (κ1) is 12.6. The molecule has 0 aliphatic rings. The molecule has 0 amide bonds. The Bertz CT molecular complexity index is 192. The van der Waals surface area contributed by atoms with Crippen LogP contribution in [-0.4, -0.2) is 23.4 Å². The third kappa shape index (κ3) is 6.77. The van der Waals surface area contributed by atoms with Gasteiger partial charge in [0.1, 0.15) is 0 Å². The van der Waals surface area contributed by atoms with Crippen molar-refractivity contribution < 1.29 is 4.79 Å². The minimum atomic E-state index is -0.197. The van der Waals surface area contributed by atoms with E-state index in [0.717, 1.165) is 18.6 Å². The van der Waals surface area contributed by atoms with Crippen molar-refractivity contribution in [1.29, 1.82) is 0 Å². The van der Waals surface area contributed by atoms with Gasteiger partial charge in [0.2, 0.25) is 0 Å². The fourth-order valence-corrected chi connectivity index (χ4v) is 1.24. The second-order valence-corrected chi connectivity index (χ2v) is 3.55. The standard InChI is InChI=1S/C7H15N3OS2/c8-7(9)10-4-5(6(11)13)2-1-3-12/h5,12H,1-4H2,(H,11,13)(H4,8,9,10). The van der Waals surface area contributed by atoms with Crippen LogP contribution in [0, 0.1) is 5.92 Å². The number of nitrogens with two attached hydrogens (primary N) is 2. The van der Waals surface area contributed by atoms with Crippen molar-refractivity contribution in [2.45, 2.75) is 12.8 Å². The van der Waals surface area contributed by atoms with Crippen LogP contribution in [0.15, 0.2) is 4.99 Å². The molecule has 0 aromatic rings. The number of nitrogens with zero attached hydrogens (tertiary/aromatic N) is 1. The third-order valence-electron chi connectivity index (χ3n) is 1.55. The van der Waals surface area contributed by atoms with Crippen LogP contribution in [0.5, 0.6) is 0 Å². The van der Waals surface area contributed by atoms with Crippen LogP contribution in [0.3, 0.4) is 0 Å². The van der Waals surface area contributed by atoms with Crippen LogP contribution in [-0.2, 0) is 4.79 Å². The van der Waals surface area contributed by atoms with E-state index in [1.54, 1.807) is 0 Å². The second kappa shape index (κ2) is 7.08. The summed E-state index contributed by atoms with van der Waals surface area (Å²) in [5.41, 5.74) is 10.3. The highest BCUT2D eigenvalue weighted by atomic mass is 32.1. The maximum atomic E-state index is 11.0. The van der Waals surface area contributed by atoms with Crippen molar-refractivity contribution in [2.24, 2.45) is 22.4 Å². The van der Waals surface area contributed by atoms with Gasteiger partial charge < -0.3 is 11.5 Å². The number of carbonyl (C=O) groups is 1. The van der Waals surface area contributed by atoms with Gasteiger partial charge in [0.25, 0.3) is 0 Å². The molecular formula is C7H15N3OS2. The topological polar surface area (TPSA) is 81.5 Å². The molecule has 4 N–H and O–H groups in total. The zero-order valence-electron chi connectivity index (χ0n) is 7.31. The van der Waals surface area contributed by atoms with Crippen LogP contribution >= 0.6 is 25.3 Å². The van der Waals surface area contributed by atoms with Gasteiger partial charge >= 0.3 is 0 Å². The lowest BCUT2D eigenvalue weighted by atomic mass is 10.1. The molecule has 1 atom stereocenters. The van der Waals surface area contributed by atoms with E-state index in [0.29, 0.717) is 6.54 Å². The summed E-state index contributed by atoms with van der Waals surface area (Å²) < 4.78 is 0. The van der Waals surface area contributed by atoms with Crippen molar-refractivity contribution >= 4 is 36.3 Å². The van der Waals surface area contributed by atoms with E-state index in [9.17, 15) is 4.79 Å². The van der Waals surface area contributed by atoms with Gasteiger partial charge in [-0.1, -0.05) is 0 Å².